The van der Waals surface area contributed by atoms with E-state index in [1.54, 1.807) is 6.07 Å². The maximum Gasteiger partial charge on any atom is 0.342 e. The van der Waals surface area contributed by atoms with Crippen molar-refractivity contribution in [2.75, 3.05) is 0 Å². The fraction of sp³-hybridized carbons (Fsp3) is 0. The molecule has 0 atom stereocenters. The first-order chi connectivity index (χ1) is 15.3. The van der Waals surface area contributed by atoms with Crippen molar-refractivity contribution in [1.29, 1.82) is 0 Å². The maximum atomic E-state index is 12.8. The number of aromatic hydroxyl groups is 1. The number of benzene rings is 4. The summed E-state index contributed by atoms with van der Waals surface area (Å²) < 4.78 is 95.4. The number of hydrogen-bond donors (Lipinski definition) is 3. The van der Waals surface area contributed by atoms with E-state index in [4.69, 9.17) is 4.18 Å². The molecule has 0 fully saturated rings. The first-order valence-corrected chi connectivity index (χ1v) is 13.2. The summed E-state index contributed by atoms with van der Waals surface area (Å²) in [7, 11) is -13.8. The molecule has 0 heterocycles. The van der Waals surface area contributed by atoms with E-state index < -0.39 is 50.8 Å². The molecule has 0 unspecified atom stereocenters. The van der Waals surface area contributed by atoms with Crippen LogP contribution in [-0.4, -0.2) is 39.5 Å². The Balaban J connectivity index is 1.82. The molecule has 0 saturated carbocycles. The maximum absolute atomic E-state index is 12.8. The van der Waals surface area contributed by atoms with Crippen molar-refractivity contribution in [1.82, 2.24) is 0 Å². The second-order valence-corrected chi connectivity index (χ2v) is 11.3. The molecule has 33 heavy (non-hydrogen) atoms. The smallest absolute Gasteiger partial charge is 0.342 e. The van der Waals surface area contributed by atoms with Crippen molar-refractivity contribution in [3.8, 4) is 11.5 Å². The largest absolute Gasteiger partial charge is 0.506 e. The molecule has 4 aromatic rings. The lowest BCUT2D eigenvalue weighted by Gasteiger charge is -2.11. The lowest BCUT2D eigenvalue weighted by atomic mass is 10.1. The lowest BCUT2D eigenvalue weighted by molar-refractivity contribution is 0.446. The van der Waals surface area contributed by atoms with Gasteiger partial charge in [0.1, 0.15) is 21.3 Å². The molecule has 0 saturated heterocycles. The Morgan fingerprint density at radius 3 is 2.00 bits per heavy atom. The molecule has 0 aromatic heterocycles. The van der Waals surface area contributed by atoms with Crippen LogP contribution < -0.4 is 4.18 Å². The number of rotatable bonds is 5. The topological polar surface area (TPSA) is 172 Å². The van der Waals surface area contributed by atoms with Gasteiger partial charge in [-0.2, -0.15) is 25.3 Å². The Labute approximate surface area is 188 Å². The van der Waals surface area contributed by atoms with E-state index in [0.717, 1.165) is 36.4 Å². The van der Waals surface area contributed by atoms with Gasteiger partial charge in [0.25, 0.3) is 20.2 Å². The van der Waals surface area contributed by atoms with Crippen molar-refractivity contribution >= 4 is 51.9 Å². The third-order valence-electron chi connectivity index (χ3n) is 4.75. The van der Waals surface area contributed by atoms with Crippen LogP contribution in [0, 0.1) is 0 Å². The Morgan fingerprint density at radius 1 is 0.636 bits per heavy atom. The summed E-state index contributed by atoms with van der Waals surface area (Å²) in [6.45, 7) is 0. The van der Waals surface area contributed by atoms with Gasteiger partial charge in [-0.15, -0.1) is 0 Å². The number of phenolic OH excluding ortho intramolecular Hbond substituents is 1. The Hall–Kier alpha value is -3.23. The van der Waals surface area contributed by atoms with E-state index in [0.29, 0.717) is 10.8 Å². The fourth-order valence-corrected chi connectivity index (χ4v) is 5.53. The van der Waals surface area contributed by atoms with Crippen molar-refractivity contribution in [2.24, 2.45) is 0 Å². The monoisotopic (exact) mass is 510 g/mol. The molecule has 0 spiro atoms. The molecule has 0 aliphatic rings. The number of fused-ring (bicyclic) bond motifs is 2. The van der Waals surface area contributed by atoms with E-state index >= 15 is 0 Å². The van der Waals surface area contributed by atoms with Crippen LogP contribution >= 0.6 is 0 Å². The van der Waals surface area contributed by atoms with Crippen molar-refractivity contribution < 1.29 is 43.6 Å². The van der Waals surface area contributed by atoms with Crippen LogP contribution in [0.25, 0.3) is 21.5 Å². The molecule has 172 valence electrons. The summed E-state index contributed by atoms with van der Waals surface area (Å²) in [5, 5.41) is 11.0. The number of hydrogen-bond acceptors (Lipinski definition) is 8. The minimum absolute atomic E-state index is 0.00762. The Bertz CT molecular complexity index is 1760. The van der Waals surface area contributed by atoms with Crippen molar-refractivity contribution in [3.05, 3.63) is 66.7 Å². The third kappa shape index (κ3) is 4.49. The van der Waals surface area contributed by atoms with Gasteiger partial charge in [0.05, 0.1) is 4.90 Å². The zero-order chi connectivity index (χ0) is 24.2. The number of phenols is 1. The first kappa shape index (κ1) is 22.9. The Kier molecular flexibility index (Phi) is 5.34. The molecule has 0 aliphatic carbocycles. The van der Waals surface area contributed by atoms with E-state index in [9.17, 15) is 39.5 Å². The predicted molar refractivity (Wildman–Crippen MR) is 117 cm³/mol. The van der Waals surface area contributed by atoms with Crippen LogP contribution in [0.4, 0.5) is 0 Å². The van der Waals surface area contributed by atoms with Gasteiger partial charge in [-0.25, -0.2) is 0 Å². The van der Waals surface area contributed by atoms with Crippen molar-refractivity contribution in [2.45, 2.75) is 14.7 Å². The van der Waals surface area contributed by atoms with Gasteiger partial charge < -0.3 is 9.29 Å². The average Bonchev–Trinajstić information content (AvgIpc) is 2.70. The summed E-state index contributed by atoms with van der Waals surface area (Å²) in [5.74, 6) is -0.980. The van der Waals surface area contributed by atoms with Gasteiger partial charge in [0.15, 0.2) is 0 Å². The normalized spacial score (nSPS) is 12.8. The standard InChI is InChI=1S/C20H14O10S3/c21-18-9-13-5-7-16(31(22,23)24)8-14(13)10-20(18)33(28,29)30-15-6-4-12-2-1-3-19(17(12)11-15)32(25,26)27/h1-11,21H,(H,22,23,24)(H,25,26,27). The molecule has 4 rings (SSSR count). The molecule has 13 heteroatoms. The highest BCUT2D eigenvalue weighted by molar-refractivity contribution is 7.87. The highest BCUT2D eigenvalue weighted by atomic mass is 32.2. The molecular formula is C20H14O10S3. The van der Waals surface area contributed by atoms with Gasteiger partial charge >= 0.3 is 10.1 Å². The summed E-state index contributed by atoms with van der Waals surface area (Å²) in [5.41, 5.74) is 0. The van der Waals surface area contributed by atoms with Crippen LogP contribution in [0.5, 0.6) is 11.5 Å². The Morgan fingerprint density at radius 2 is 1.33 bits per heavy atom. The quantitative estimate of drug-likeness (QED) is 0.268. The first-order valence-electron chi connectivity index (χ1n) is 8.95. The van der Waals surface area contributed by atoms with Crippen molar-refractivity contribution in [3.63, 3.8) is 0 Å². The molecule has 0 amide bonds. The second-order valence-electron chi connectivity index (χ2n) is 6.96. The molecular weight excluding hydrogens is 496 g/mol. The van der Waals surface area contributed by atoms with Crippen LogP contribution in [0.3, 0.4) is 0 Å². The van der Waals surface area contributed by atoms with Gasteiger partial charge in [-0.1, -0.05) is 24.3 Å². The van der Waals surface area contributed by atoms with E-state index in [-0.39, 0.29) is 16.5 Å². The molecule has 4 aromatic carbocycles. The third-order valence-corrected chi connectivity index (χ3v) is 7.79. The van der Waals surface area contributed by atoms with Gasteiger partial charge in [0.2, 0.25) is 0 Å². The van der Waals surface area contributed by atoms with Crippen LogP contribution in [0.2, 0.25) is 0 Å². The summed E-state index contributed by atoms with van der Waals surface area (Å²) in [4.78, 5) is -1.61. The molecule has 0 aliphatic heterocycles. The summed E-state index contributed by atoms with van der Waals surface area (Å²) in [6, 6.07) is 13.3. The van der Waals surface area contributed by atoms with Gasteiger partial charge in [-0.05, 0) is 58.6 Å². The van der Waals surface area contributed by atoms with E-state index in [1.165, 1.54) is 24.3 Å². The van der Waals surface area contributed by atoms with Gasteiger partial charge in [0, 0.05) is 5.39 Å². The predicted octanol–water partition coefficient (Wildman–Crippen LogP) is 2.96. The molecule has 10 nitrogen and oxygen atoms in total. The average molecular weight is 511 g/mol. The van der Waals surface area contributed by atoms with Crippen LogP contribution in [0.1, 0.15) is 0 Å². The van der Waals surface area contributed by atoms with Crippen LogP contribution in [-0.2, 0) is 30.4 Å². The molecule has 3 N–H and O–H groups in total. The minimum Gasteiger partial charge on any atom is -0.506 e. The highest BCUT2D eigenvalue weighted by Crippen LogP contribution is 2.33. The van der Waals surface area contributed by atoms with Gasteiger partial charge in [-0.3, -0.25) is 9.11 Å². The lowest BCUT2D eigenvalue weighted by Crippen LogP contribution is -2.10. The van der Waals surface area contributed by atoms with E-state index in [2.05, 4.69) is 0 Å². The SMILES string of the molecule is O=S(=O)(O)c1ccc2cc(O)c(S(=O)(=O)Oc3ccc4cccc(S(=O)(=O)O)c4c3)cc2c1. The zero-order valence-corrected chi connectivity index (χ0v) is 18.7. The summed E-state index contributed by atoms with van der Waals surface area (Å²) >= 11 is 0. The minimum atomic E-state index is -4.67. The molecule has 0 radical (unpaired) electrons. The van der Waals surface area contributed by atoms with Crippen LogP contribution in [0.15, 0.2) is 81.4 Å². The highest BCUT2D eigenvalue weighted by Gasteiger charge is 2.24. The van der Waals surface area contributed by atoms with E-state index in [1.807, 2.05) is 0 Å². The summed E-state index contributed by atoms with van der Waals surface area (Å²) in [6.07, 6.45) is 0. The zero-order valence-electron chi connectivity index (χ0n) is 16.3. The second kappa shape index (κ2) is 7.67. The molecule has 0 bridgehead atoms. The fourth-order valence-electron chi connectivity index (χ4n) is 3.27.